The molecule has 0 radical (unpaired) electrons. The number of aromatic nitrogens is 2. The fraction of sp³-hybridized carbons (Fsp3) is 0.0588. The lowest BCUT2D eigenvalue weighted by molar-refractivity contribution is 0.101. The van der Waals surface area contributed by atoms with Gasteiger partial charge in [0.2, 0.25) is 0 Å². The molecule has 0 bridgehead atoms. The highest BCUT2D eigenvalue weighted by Crippen LogP contribution is 2.27. The molecule has 1 N–H and O–H groups in total. The summed E-state index contributed by atoms with van der Waals surface area (Å²) in [5.41, 5.74) is 2.22. The van der Waals surface area contributed by atoms with Crippen molar-refractivity contribution >= 4 is 33.3 Å². The van der Waals surface area contributed by atoms with E-state index in [-0.39, 0.29) is 11.7 Å². The SMILES string of the molecule is O=C(Nc1ccon1)c1cc2sccc2n1Cc1cccc(F)c1. The van der Waals surface area contributed by atoms with Gasteiger partial charge in [0, 0.05) is 12.6 Å². The van der Waals surface area contributed by atoms with Crippen molar-refractivity contribution in [2.24, 2.45) is 0 Å². The van der Waals surface area contributed by atoms with Crippen molar-refractivity contribution in [3.8, 4) is 0 Å². The second-order valence-electron chi connectivity index (χ2n) is 5.25. The summed E-state index contributed by atoms with van der Waals surface area (Å²) in [6.45, 7) is 0.402. The number of fused-ring (bicyclic) bond motifs is 1. The van der Waals surface area contributed by atoms with E-state index < -0.39 is 0 Å². The normalized spacial score (nSPS) is 11.0. The zero-order chi connectivity index (χ0) is 16.5. The van der Waals surface area contributed by atoms with Gasteiger partial charge in [0.1, 0.15) is 17.8 Å². The van der Waals surface area contributed by atoms with Crippen LogP contribution in [0.4, 0.5) is 10.2 Å². The van der Waals surface area contributed by atoms with Crippen LogP contribution in [0, 0.1) is 5.82 Å². The molecule has 24 heavy (non-hydrogen) atoms. The minimum absolute atomic E-state index is 0.288. The highest BCUT2D eigenvalue weighted by molar-refractivity contribution is 7.17. The summed E-state index contributed by atoms with van der Waals surface area (Å²) < 4.78 is 21.0. The number of amides is 1. The van der Waals surface area contributed by atoms with Crippen molar-refractivity contribution in [3.05, 3.63) is 71.2 Å². The van der Waals surface area contributed by atoms with Crippen molar-refractivity contribution in [1.82, 2.24) is 9.72 Å². The van der Waals surface area contributed by atoms with E-state index in [9.17, 15) is 9.18 Å². The lowest BCUT2D eigenvalue weighted by Gasteiger charge is -2.10. The van der Waals surface area contributed by atoms with Crippen molar-refractivity contribution in [1.29, 1.82) is 0 Å². The van der Waals surface area contributed by atoms with Gasteiger partial charge in [0.05, 0.1) is 10.2 Å². The van der Waals surface area contributed by atoms with E-state index in [1.54, 1.807) is 23.5 Å². The van der Waals surface area contributed by atoms with Gasteiger partial charge in [-0.15, -0.1) is 11.3 Å². The van der Waals surface area contributed by atoms with Gasteiger partial charge in [-0.2, -0.15) is 0 Å². The number of anilines is 1. The van der Waals surface area contributed by atoms with Crippen molar-refractivity contribution < 1.29 is 13.7 Å². The Morgan fingerprint density at radius 2 is 2.21 bits per heavy atom. The minimum Gasteiger partial charge on any atom is -0.363 e. The summed E-state index contributed by atoms with van der Waals surface area (Å²) in [6.07, 6.45) is 1.39. The molecule has 0 fully saturated rings. The Kier molecular flexibility index (Phi) is 3.62. The number of benzene rings is 1. The topological polar surface area (TPSA) is 60.1 Å². The molecule has 0 atom stereocenters. The Morgan fingerprint density at radius 3 is 3.00 bits per heavy atom. The summed E-state index contributed by atoms with van der Waals surface area (Å²) in [5.74, 6) is -0.236. The number of hydrogen-bond acceptors (Lipinski definition) is 4. The Morgan fingerprint density at radius 1 is 1.29 bits per heavy atom. The predicted octanol–water partition coefficient (Wildman–Crippen LogP) is 4.13. The van der Waals surface area contributed by atoms with E-state index in [2.05, 4.69) is 10.5 Å². The molecule has 3 heterocycles. The van der Waals surface area contributed by atoms with E-state index in [0.717, 1.165) is 15.8 Å². The summed E-state index contributed by atoms with van der Waals surface area (Å²) >= 11 is 1.55. The molecule has 7 heteroatoms. The number of nitrogens with one attached hydrogen (secondary N) is 1. The average Bonchev–Trinajstić information content (AvgIpc) is 3.26. The Hall–Kier alpha value is -2.93. The molecule has 5 nitrogen and oxygen atoms in total. The van der Waals surface area contributed by atoms with Crippen LogP contribution in [0.1, 0.15) is 16.1 Å². The van der Waals surface area contributed by atoms with Gasteiger partial charge in [-0.25, -0.2) is 4.39 Å². The molecule has 1 amide bonds. The summed E-state index contributed by atoms with van der Waals surface area (Å²) in [7, 11) is 0. The number of carbonyl (C=O) groups is 1. The molecule has 0 saturated carbocycles. The van der Waals surface area contributed by atoms with Crippen LogP contribution in [-0.2, 0) is 6.54 Å². The molecule has 0 aliphatic carbocycles. The van der Waals surface area contributed by atoms with Crippen LogP contribution in [0.25, 0.3) is 10.2 Å². The molecule has 1 aromatic carbocycles. The van der Waals surface area contributed by atoms with Crippen LogP contribution in [0.5, 0.6) is 0 Å². The quantitative estimate of drug-likeness (QED) is 0.607. The van der Waals surface area contributed by atoms with Gasteiger partial charge in [0.25, 0.3) is 5.91 Å². The maximum Gasteiger partial charge on any atom is 0.273 e. The monoisotopic (exact) mass is 341 g/mol. The first-order chi connectivity index (χ1) is 11.7. The predicted molar refractivity (Wildman–Crippen MR) is 89.8 cm³/mol. The standard InChI is InChI=1S/C17H12FN3O2S/c18-12-3-1-2-11(8-12)10-21-13-5-7-24-15(13)9-14(21)17(22)19-16-4-6-23-20-16/h1-9H,10H2,(H,19,20,22). The third-order valence-electron chi connectivity index (χ3n) is 3.66. The maximum atomic E-state index is 13.5. The van der Waals surface area contributed by atoms with E-state index in [0.29, 0.717) is 18.1 Å². The highest BCUT2D eigenvalue weighted by Gasteiger charge is 2.17. The lowest BCUT2D eigenvalue weighted by Crippen LogP contribution is -2.17. The molecule has 120 valence electrons. The largest absolute Gasteiger partial charge is 0.363 e. The Balaban J connectivity index is 1.72. The van der Waals surface area contributed by atoms with Gasteiger partial charge in [-0.05, 0) is 35.2 Å². The van der Waals surface area contributed by atoms with E-state index in [1.165, 1.54) is 18.4 Å². The third-order valence-corrected chi connectivity index (χ3v) is 4.52. The number of carbonyl (C=O) groups excluding carboxylic acids is 1. The number of nitrogens with zero attached hydrogens (tertiary/aromatic N) is 2. The van der Waals surface area contributed by atoms with Crippen LogP contribution in [0.15, 0.2) is 58.6 Å². The number of hydrogen-bond donors (Lipinski definition) is 1. The lowest BCUT2D eigenvalue weighted by atomic mass is 10.2. The molecular weight excluding hydrogens is 329 g/mol. The second kappa shape index (κ2) is 5.93. The van der Waals surface area contributed by atoms with Crippen LogP contribution in [0.3, 0.4) is 0 Å². The smallest absolute Gasteiger partial charge is 0.273 e. The first-order valence-corrected chi connectivity index (χ1v) is 8.11. The summed E-state index contributed by atoms with van der Waals surface area (Å²) in [4.78, 5) is 12.6. The third kappa shape index (κ3) is 2.69. The number of rotatable bonds is 4. The Labute approximate surface area is 140 Å². The molecule has 4 aromatic rings. The van der Waals surface area contributed by atoms with Gasteiger partial charge in [-0.1, -0.05) is 17.3 Å². The minimum atomic E-state index is -0.296. The second-order valence-corrected chi connectivity index (χ2v) is 6.20. The van der Waals surface area contributed by atoms with Crippen molar-refractivity contribution in [3.63, 3.8) is 0 Å². The first-order valence-electron chi connectivity index (χ1n) is 7.23. The molecule has 3 aromatic heterocycles. The van der Waals surface area contributed by atoms with Gasteiger partial charge in [-0.3, -0.25) is 4.79 Å². The molecular formula is C17H12FN3O2S. The van der Waals surface area contributed by atoms with Gasteiger partial charge in [0.15, 0.2) is 5.82 Å². The van der Waals surface area contributed by atoms with E-state index >= 15 is 0 Å². The number of thiophene rings is 1. The fourth-order valence-electron chi connectivity index (χ4n) is 2.61. The molecule has 4 rings (SSSR count). The molecule has 0 saturated heterocycles. The van der Waals surface area contributed by atoms with Crippen LogP contribution < -0.4 is 5.32 Å². The fourth-order valence-corrected chi connectivity index (χ4v) is 3.43. The van der Waals surface area contributed by atoms with Crippen LogP contribution in [0.2, 0.25) is 0 Å². The first kappa shape index (κ1) is 14.6. The van der Waals surface area contributed by atoms with Crippen molar-refractivity contribution in [2.75, 3.05) is 5.32 Å². The van der Waals surface area contributed by atoms with E-state index in [4.69, 9.17) is 4.52 Å². The Bertz CT molecular complexity index is 1000. The van der Waals surface area contributed by atoms with Crippen LogP contribution in [-0.4, -0.2) is 15.6 Å². The van der Waals surface area contributed by atoms with Crippen LogP contribution >= 0.6 is 11.3 Å². The maximum absolute atomic E-state index is 13.5. The summed E-state index contributed by atoms with van der Waals surface area (Å²) in [5, 5.41) is 8.34. The highest BCUT2D eigenvalue weighted by atomic mass is 32.1. The zero-order valence-electron chi connectivity index (χ0n) is 12.4. The molecule has 0 aliphatic rings. The van der Waals surface area contributed by atoms with Gasteiger partial charge >= 0.3 is 0 Å². The molecule has 0 aliphatic heterocycles. The molecule has 0 spiro atoms. The van der Waals surface area contributed by atoms with Gasteiger partial charge < -0.3 is 14.4 Å². The average molecular weight is 341 g/mol. The molecule has 0 unspecified atom stereocenters. The van der Waals surface area contributed by atoms with Crippen molar-refractivity contribution in [2.45, 2.75) is 6.54 Å². The zero-order valence-corrected chi connectivity index (χ0v) is 13.2. The van der Waals surface area contributed by atoms with E-state index in [1.807, 2.05) is 28.1 Å². The number of halogens is 1. The summed E-state index contributed by atoms with van der Waals surface area (Å²) in [6, 6.07) is 11.7.